The maximum Gasteiger partial charge on any atom is 0.274 e. The first-order chi connectivity index (χ1) is 10.0. The van der Waals surface area contributed by atoms with Crippen LogP contribution < -0.4 is 10.0 Å². The monoisotopic (exact) mass is 332 g/mol. The van der Waals surface area contributed by atoms with Gasteiger partial charge in [0.1, 0.15) is 5.76 Å². The molecule has 1 aliphatic rings. The van der Waals surface area contributed by atoms with Crippen molar-refractivity contribution in [3.63, 3.8) is 0 Å². The van der Waals surface area contributed by atoms with Gasteiger partial charge in [-0.2, -0.15) is 11.8 Å². The lowest BCUT2D eigenvalue weighted by Crippen LogP contribution is -2.37. The second kappa shape index (κ2) is 7.67. The van der Waals surface area contributed by atoms with E-state index in [1.165, 1.54) is 6.07 Å². The van der Waals surface area contributed by atoms with Gasteiger partial charge in [-0.25, -0.2) is 13.1 Å². The molecule has 2 rings (SSSR count). The second-order valence-electron chi connectivity index (χ2n) is 5.33. The Morgan fingerprint density at radius 1 is 1.29 bits per heavy atom. The third-order valence-corrected chi connectivity index (χ3v) is 6.31. The zero-order chi connectivity index (χ0) is 15.3. The molecule has 0 amide bonds. The lowest BCUT2D eigenvalue weighted by Gasteiger charge is -2.27. The molecular formula is C14H24N2O3S2. The highest BCUT2D eigenvalue weighted by Gasteiger charge is 2.27. The topological polar surface area (TPSA) is 71.3 Å². The van der Waals surface area contributed by atoms with Gasteiger partial charge in [0.15, 0.2) is 0 Å². The average molecular weight is 332 g/mol. The van der Waals surface area contributed by atoms with Gasteiger partial charge in [-0.1, -0.05) is 6.92 Å². The molecule has 0 bridgehead atoms. The number of hydrogen-bond acceptors (Lipinski definition) is 5. The lowest BCUT2D eigenvalue weighted by atomic mass is 9.96. The third kappa shape index (κ3) is 4.74. The van der Waals surface area contributed by atoms with Crippen molar-refractivity contribution in [1.29, 1.82) is 0 Å². The molecule has 1 saturated carbocycles. The van der Waals surface area contributed by atoms with Gasteiger partial charge >= 0.3 is 0 Å². The Kier molecular flexibility index (Phi) is 6.16. The zero-order valence-electron chi connectivity index (χ0n) is 12.6. The van der Waals surface area contributed by atoms with Crippen molar-refractivity contribution in [2.45, 2.75) is 55.5 Å². The maximum atomic E-state index is 12.3. The van der Waals surface area contributed by atoms with Crippen LogP contribution in [0, 0.1) is 0 Å². The summed E-state index contributed by atoms with van der Waals surface area (Å²) in [5.74, 6) is 0.642. The molecule has 21 heavy (non-hydrogen) atoms. The van der Waals surface area contributed by atoms with Crippen molar-refractivity contribution in [3.8, 4) is 0 Å². The minimum absolute atomic E-state index is 0.0161. The van der Waals surface area contributed by atoms with Crippen molar-refractivity contribution < 1.29 is 12.8 Å². The van der Waals surface area contributed by atoms with Crippen LogP contribution in [0.4, 0.5) is 0 Å². The molecule has 0 radical (unpaired) electrons. The van der Waals surface area contributed by atoms with E-state index in [2.05, 4.69) is 16.3 Å². The van der Waals surface area contributed by atoms with Crippen LogP contribution in [0.3, 0.4) is 0 Å². The van der Waals surface area contributed by atoms with Crippen LogP contribution in [0.5, 0.6) is 0 Å². The molecule has 1 aromatic heterocycles. The fraction of sp³-hybridized carbons (Fsp3) is 0.714. The summed E-state index contributed by atoms with van der Waals surface area (Å²) in [6.45, 7) is 3.36. The van der Waals surface area contributed by atoms with Crippen molar-refractivity contribution >= 4 is 21.8 Å². The highest BCUT2D eigenvalue weighted by molar-refractivity contribution is 7.99. The maximum absolute atomic E-state index is 12.3. The molecule has 0 spiro atoms. The third-order valence-electron chi connectivity index (χ3n) is 3.78. The molecule has 2 N–H and O–H groups in total. The Hall–Kier alpha value is -0.500. The molecule has 0 atom stereocenters. The smallest absolute Gasteiger partial charge is 0.274 e. The normalized spacial score (nSPS) is 23.3. The molecule has 0 aliphatic heterocycles. The van der Waals surface area contributed by atoms with Crippen LogP contribution in [-0.2, 0) is 16.6 Å². The molecule has 5 nitrogen and oxygen atoms in total. The van der Waals surface area contributed by atoms with E-state index in [1.807, 2.05) is 18.7 Å². The van der Waals surface area contributed by atoms with Crippen LogP contribution in [0.25, 0.3) is 0 Å². The molecule has 7 heteroatoms. The van der Waals surface area contributed by atoms with Crippen molar-refractivity contribution in [2.75, 3.05) is 12.8 Å². The van der Waals surface area contributed by atoms with Gasteiger partial charge in [0.2, 0.25) is 5.09 Å². The van der Waals surface area contributed by atoms with E-state index in [0.717, 1.165) is 32.2 Å². The van der Waals surface area contributed by atoms with Gasteiger partial charge in [0.25, 0.3) is 10.0 Å². The highest BCUT2D eigenvalue weighted by Crippen LogP contribution is 2.27. The van der Waals surface area contributed by atoms with E-state index >= 15 is 0 Å². The van der Waals surface area contributed by atoms with E-state index in [0.29, 0.717) is 17.6 Å². The highest BCUT2D eigenvalue weighted by atomic mass is 32.2. The van der Waals surface area contributed by atoms with E-state index in [-0.39, 0.29) is 11.1 Å². The minimum Gasteiger partial charge on any atom is -0.447 e. The van der Waals surface area contributed by atoms with Crippen molar-refractivity contribution in [1.82, 2.24) is 10.0 Å². The minimum atomic E-state index is -3.54. The van der Waals surface area contributed by atoms with Gasteiger partial charge in [0, 0.05) is 11.3 Å². The van der Waals surface area contributed by atoms with Crippen molar-refractivity contribution in [2.24, 2.45) is 0 Å². The first kappa shape index (κ1) is 16.9. The standard InChI is InChI=1S/C14H24N2O3S2/c1-3-15-10-12-6-9-14(19-12)21(17,18)16-11-4-7-13(20-2)8-5-11/h6,9,11,13,15-16H,3-5,7-8,10H2,1-2H3. The van der Waals surface area contributed by atoms with Crippen LogP contribution >= 0.6 is 11.8 Å². The summed E-state index contributed by atoms with van der Waals surface area (Å²) in [6, 6.07) is 3.27. The van der Waals surface area contributed by atoms with Crippen LogP contribution in [0.15, 0.2) is 21.6 Å². The van der Waals surface area contributed by atoms with Crippen LogP contribution in [0.2, 0.25) is 0 Å². The van der Waals surface area contributed by atoms with E-state index in [9.17, 15) is 8.42 Å². The summed E-state index contributed by atoms with van der Waals surface area (Å²) in [5, 5.41) is 3.79. The van der Waals surface area contributed by atoms with E-state index in [1.54, 1.807) is 6.07 Å². The molecule has 0 aromatic carbocycles. The lowest BCUT2D eigenvalue weighted by molar-refractivity contribution is 0.386. The number of rotatable bonds is 7. The zero-order valence-corrected chi connectivity index (χ0v) is 14.2. The molecule has 0 saturated heterocycles. The van der Waals surface area contributed by atoms with Gasteiger partial charge in [0.05, 0.1) is 6.54 Å². The summed E-state index contributed by atoms with van der Waals surface area (Å²) >= 11 is 1.87. The summed E-state index contributed by atoms with van der Waals surface area (Å²) in [5.41, 5.74) is 0. The predicted molar refractivity (Wildman–Crippen MR) is 86.0 cm³/mol. The van der Waals surface area contributed by atoms with Gasteiger partial charge in [-0.15, -0.1) is 0 Å². The molecule has 1 fully saturated rings. The first-order valence-electron chi connectivity index (χ1n) is 7.39. The molecule has 1 heterocycles. The predicted octanol–water partition coefficient (Wildman–Crippen LogP) is 2.34. The summed E-state index contributed by atoms with van der Waals surface area (Å²) in [6.07, 6.45) is 6.05. The van der Waals surface area contributed by atoms with Crippen molar-refractivity contribution in [3.05, 3.63) is 17.9 Å². The Bertz CT molecular complexity index is 534. The van der Waals surface area contributed by atoms with Crippen LogP contribution in [-0.4, -0.2) is 32.5 Å². The number of hydrogen-bond donors (Lipinski definition) is 2. The largest absolute Gasteiger partial charge is 0.447 e. The Balaban J connectivity index is 1.94. The number of thioether (sulfide) groups is 1. The molecule has 0 unspecified atom stereocenters. The fourth-order valence-corrected chi connectivity index (χ4v) is 4.54. The Morgan fingerprint density at radius 3 is 2.62 bits per heavy atom. The average Bonchev–Trinajstić information content (AvgIpc) is 2.95. The quantitative estimate of drug-likeness (QED) is 0.802. The summed E-state index contributed by atoms with van der Waals surface area (Å²) < 4.78 is 32.8. The Morgan fingerprint density at radius 2 is 2.00 bits per heavy atom. The molecular weight excluding hydrogens is 308 g/mol. The number of sulfonamides is 1. The summed E-state index contributed by atoms with van der Waals surface area (Å²) in [7, 11) is -3.54. The van der Waals surface area contributed by atoms with Gasteiger partial charge < -0.3 is 9.73 Å². The SMILES string of the molecule is CCNCc1ccc(S(=O)(=O)NC2CCC(SC)CC2)o1. The van der Waals surface area contributed by atoms with E-state index in [4.69, 9.17) is 4.42 Å². The molecule has 1 aromatic rings. The second-order valence-corrected chi connectivity index (χ2v) is 8.11. The van der Waals surface area contributed by atoms with E-state index < -0.39 is 10.0 Å². The van der Waals surface area contributed by atoms with Gasteiger partial charge in [-0.3, -0.25) is 0 Å². The van der Waals surface area contributed by atoms with Crippen LogP contribution in [0.1, 0.15) is 38.4 Å². The summed E-state index contributed by atoms with van der Waals surface area (Å²) in [4.78, 5) is 0. The number of furan rings is 1. The molecule has 1 aliphatic carbocycles. The van der Waals surface area contributed by atoms with Gasteiger partial charge in [-0.05, 0) is 50.6 Å². The molecule has 120 valence electrons. The number of nitrogens with one attached hydrogen (secondary N) is 2. The fourth-order valence-electron chi connectivity index (χ4n) is 2.54. The first-order valence-corrected chi connectivity index (χ1v) is 10.2. The Labute approximate surface area is 131 Å².